The minimum atomic E-state index is -0.348. The standard InChI is InChI=1S/C26H28FN3O5/c1-2-33-26(32)17-8-10-29(11-9-17)15-25(31)30-22(19-6-7-23-24(13-19)35-16-34-23)14-21(28-30)18-4-3-5-20(27)12-18/h3-7,12-13,17,22H,2,8-11,14-16H2,1H3/t22-/m1/s1. The van der Waals surface area contributed by atoms with Crippen LogP contribution in [-0.4, -0.2) is 60.5 Å². The van der Waals surface area contributed by atoms with Crippen molar-refractivity contribution >= 4 is 17.6 Å². The van der Waals surface area contributed by atoms with Gasteiger partial charge in [-0.25, -0.2) is 9.40 Å². The highest BCUT2D eigenvalue weighted by atomic mass is 19.1. The molecule has 8 nitrogen and oxygen atoms in total. The zero-order valence-corrected chi connectivity index (χ0v) is 19.6. The number of nitrogens with zero attached hydrogens (tertiary/aromatic N) is 3. The van der Waals surface area contributed by atoms with Gasteiger partial charge < -0.3 is 14.2 Å². The van der Waals surface area contributed by atoms with Crippen LogP contribution >= 0.6 is 0 Å². The summed E-state index contributed by atoms with van der Waals surface area (Å²) in [7, 11) is 0. The van der Waals surface area contributed by atoms with Crippen molar-refractivity contribution in [3.63, 3.8) is 0 Å². The van der Waals surface area contributed by atoms with Crippen LogP contribution in [0.25, 0.3) is 0 Å². The van der Waals surface area contributed by atoms with Crippen molar-refractivity contribution in [3.05, 3.63) is 59.4 Å². The lowest BCUT2D eigenvalue weighted by molar-refractivity contribution is -0.149. The molecule has 3 heterocycles. The summed E-state index contributed by atoms with van der Waals surface area (Å²) in [6, 6.07) is 11.5. The summed E-state index contributed by atoms with van der Waals surface area (Å²) >= 11 is 0. The molecule has 184 valence electrons. The largest absolute Gasteiger partial charge is 0.466 e. The first-order chi connectivity index (χ1) is 17.0. The first-order valence-corrected chi connectivity index (χ1v) is 12.0. The molecule has 2 aromatic rings. The van der Waals surface area contributed by atoms with Crippen molar-refractivity contribution in [2.75, 3.05) is 33.0 Å². The molecule has 0 radical (unpaired) electrons. The molecular formula is C26H28FN3O5. The number of esters is 1. The molecule has 1 saturated heterocycles. The highest BCUT2D eigenvalue weighted by Gasteiger charge is 2.35. The summed E-state index contributed by atoms with van der Waals surface area (Å²) in [6.07, 6.45) is 1.78. The molecule has 1 amide bonds. The van der Waals surface area contributed by atoms with Crippen molar-refractivity contribution in [1.29, 1.82) is 0 Å². The quantitative estimate of drug-likeness (QED) is 0.588. The molecule has 0 aromatic heterocycles. The topological polar surface area (TPSA) is 80.7 Å². The van der Waals surface area contributed by atoms with Crippen molar-refractivity contribution in [3.8, 4) is 11.5 Å². The van der Waals surface area contributed by atoms with E-state index in [1.807, 2.05) is 23.1 Å². The monoisotopic (exact) mass is 481 g/mol. The van der Waals surface area contributed by atoms with Crippen molar-refractivity contribution in [2.45, 2.75) is 32.2 Å². The second-order valence-electron chi connectivity index (χ2n) is 8.93. The summed E-state index contributed by atoms with van der Waals surface area (Å²) in [5.74, 6) is 0.528. The van der Waals surface area contributed by atoms with Crippen LogP contribution in [0.1, 0.15) is 43.4 Å². The molecule has 3 aliphatic rings. The van der Waals surface area contributed by atoms with Crippen LogP contribution in [0.4, 0.5) is 4.39 Å². The molecule has 0 spiro atoms. The van der Waals surface area contributed by atoms with Gasteiger partial charge in [-0.1, -0.05) is 18.2 Å². The molecule has 0 N–H and O–H groups in total. The number of hydrazone groups is 1. The molecule has 0 aliphatic carbocycles. The van der Waals surface area contributed by atoms with Gasteiger partial charge in [-0.15, -0.1) is 0 Å². The molecule has 0 unspecified atom stereocenters. The van der Waals surface area contributed by atoms with Gasteiger partial charge in [0.1, 0.15) is 5.82 Å². The van der Waals surface area contributed by atoms with Crippen LogP contribution < -0.4 is 9.47 Å². The van der Waals surface area contributed by atoms with Gasteiger partial charge in [-0.2, -0.15) is 5.10 Å². The molecule has 0 bridgehead atoms. The molecule has 9 heteroatoms. The number of hydrogen-bond donors (Lipinski definition) is 0. The van der Waals surface area contributed by atoms with E-state index < -0.39 is 0 Å². The van der Waals surface area contributed by atoms with Gasteiger partial charge in [0.2, 0.25) is 6.79 Å². The number of halogens is 1. The van der Waals surface area contributed by atoms with E-state index in [1.165, 1.54) is 17.1 Å². The third-order valence-electron chi connectivity index (χ3n) is 6.67. The van der Waals surface area contributed by atoms with E-state index in [2.05, 4.69) is 5.10 Å². The number of rotatable bonds is 6. The molecule has 0 saturated carbocycles. The fraction of sp³-hybridized carbons (Fsp3) is 0.423. The Labute approximate surface area is 203 Å². The van der Waals surface area contributed by atoms with Gasteiger partial charge in [0.25, 0.3) is 5.91 Å². The Morgan fingerprint density at radius 2 is 1.91 bits per heavy atom. The van der Waals surface area contributed by atoms with Crippen LogP contribution in [0.3, 0.4) is 0 Å². The number of likely N-dealkylation sites (tertiary alicyclic amines) is 1. The molecule has 1 atom stereocenters. The fourth-order valence-corrected chi connectivity index (χ4v) is 4.81. The predicted molar refractivity (Wildman–Crippen MR) is 126 cm³/mol. The summed E-state index contributed by atoms with van der Waals surface area (Å²) in [5, 5.41) is 6.15. The zero-order valence-electron chi connectivity index (χ0n) is 19.6. The minimum absolute atomic E-state index is 0.118. The molecule has 2 aromatic carbocycles. The zero-order chi connectivity index (χ0) is 24.4. The summed E-state index contributed by atoms with van der Waals surface area (Å²) < 4.78 is 30.0. The van der Waals surface area contributed by atoms with Crippen molar-refractivity contribution < 1.29 is 28.2 Å². The van der Waals surface area contributed by atoms with Gasteiger partial charge in [-0.05, 0) is 62.7 Å². The average molecular weight is 482 g/mol. The number of amides is 1. The van der Waals surface area contributed by atoms with Gasteiger partial charge >= 0.3 is 5.97 Å². The lowest BCUT2D eigenvalue weighted by atomic mass is 9.96. The lowest BCUT2D eigenvalue weighted by Crippen LogP contribution is -2.43. The van der Waals surface area contributed by atoms with Crippen molar-refractivity contribution in [2.24, 2.45) is 11.0 Å². The first-order valence-electron chi connectivity index (χ1n) is 12.0. The Kier molecular flexibility index (Phi) is 6.68. The number of hydrogen-bond acceptors (Lipinski definition) is 7. The molecular weight excluding hydrogens is 453 g/mol. The Morgan fingerprint density at radius 1 is 1.11 bits per heavy atom. The van der Waals surface area contributed by atoms with E-state index in [1.54, 1.807) is 19.1 Å². The van der Waals surface area contributed by atoms with E-state index in [-0.39, 0.29) is 43.0 Å². The summed E-state index contributed by atoms with van der Waals surface area (Å²) in [5.41, 5.74) is 2.18. The minimum Gasteiger partial charge on any atom is -0.466 e. The molecule has 35 heavy (non-hydrogen) atoms. The SMILES string of the molecule is CCOC(=O)C1CCN(CC(=O)N2N=C(c3cccc(F)c3)C[C@@H]2c2ccc3c(c2)OCO3)CC1. The Morgan fingerprint density at radius 3 is 2.69 bits per heavy atom. The molecule has 5 rings (SSSR count). The van der Waals surface area contributed by atoms with Gasteiger partial charge in [0.15, 0.2) is 11.5 Å². The maximum Gasteiger partial charge on any atom is 0.309 e. The predicted octanol–water partition coefficient (Wildman–Crippen LogP) is 3.51. The highest BCUT2D eigenvalue weighted by Crippen LogP contribution is 2.39. The summed E-state index contributed by atoms with van der Waals surface area (Å²) in [6.45, 7) is 3.81. The number of fused-ring (bicyclic) bond motifs is 1. The Hall–Kier alpha value is -3.46. The number of carbonyl (C=O) groups is 2. The number of ether oxygens (including phenoxy) is 3. The first kappa shape index (κ1) is 23.3. The number of piperidine rings is 1. The van der Waals surface area contributed by atoms with Crippen LogP contribution in [0, 0.1) is 11.7 Å². The van der Waals surface area contributed by atoms with E-state index >= 15 is 0 Å². The second kappa shape index (κ2) is 10.0. The maximum atomic E-state index is 13.9. The molecule has 1 fully saturated rings. The van der Waals surface area contributed by atoms with Crippen LogP contribution in [0.5, 0.6) is 11.5 Å². The smallest absolute Gasteiger partial charge is 0.309 e. The number of benzene rings is 2. The van der Waals surface area contributed by atoms with Crippen molar-refractivity contribution in [1.82, 2.24) is 9.91 Å². The fourth-order valence-electron chi connectivity index (χ4n) is 4.81. The second-order valence-corrected chi connectivity index (χ2v) is 8.93. The Bertz CT molecular complexity index is 1150. The lowest BCUT2D eigenvalue weighted by Gasteiger charge is -2.32. The van der Waals surface area contributed by atoms with Crippen LogP contribution in [0.15, 0.2) is 47.6 Å². The van der Waals surface area contributed by atoms with E-state index in [0.29, 0.717) is 61.7 Å². The molecule has 3 aliphatic heterocycles. The van der Waals surface area contributed by atoms with E-state index in [9.17, 15) is 14.0 Å². The summed E-state index contributed by atoms with van der Waals surface area (Å²) in [4.78, 5) is 27.5. The van der Waals surface area contributed by atoms with Gasteiger partial charge in [0.05, 0.1) is 30.8 Å². The third kappa shape index (κ3) is 5.00. The van der Waals surface area contributed by atoms with E-state index in [0.717, 1.165) is 5.56 Å². The van der Waals surface area contributed by atoms with E-state index in [4.69, 9.17) is 14.2 Å². The van der Waals surface area contributed by atoms with Gasteiger partial charge in [-0.3, -0.25) is 14.5 Å². The van der Waals surface area contributed by atoms with Gasteiger partial charge in [0, 0.05) is 12.0 Å². The normalized spacial score (nSPS) is 20.1. The average Bonchev–Trinajstić information content (AvgIpc) is 3.52. The van der Waals surface area contributed by atoms with Crippen LogP contribution in [-0.2, 0) is 14.3 Å². The Balaban J connectivity index is 1.33. The highest BCUT2D eigenvalue weighted by molar-refractivity contribution is 6.03. The third-order valence-corrected chi connectivity index (χ3v) is 6.67. The van der Waals surface area contributed by atoms with Crippen LogP contribution in [0.2, 0.25) is 0 Å². The maximum absolute atomic E-state index is 13.9. The number of carbonyl (C=O) groups excluding carboxylic acids is 2.